The SMILES string of the molecule is COc1ccc(/C=C/C(=O)N2CCOCC2)cc1C(F)F. The summed E-state index contributed by atoms with van der Waals surface area (Å²) in [6.45, 7) is 2.15. The zero-order valence-corrected chi connectivity index (χ0v) is 11.7. The molecule has 0 radical (unpaired) electrons. The highest BCUT2D eigenvalue weighted by molar-refractivity contribution is 5.91. The van der Waals surface area contributed by atoms with Gasteiger partial charge in [0.25, 0.3) is 6.43 Å². The van der Waals surface area contributed by atoms with E-state index < -0.39 is 6.43 Å². The molecule has 0 bridgehead atoms. The minimum Gasteiger partial charge on any atom is -0.496 e. The van der Waals surface area contributed by atoms with Crippen molar-refractivity contribution in [2.24, 2.45) is 0 Å². The minimum atomic E-state index is -2.62. The molecule has 2 rings (SSSR count). The largest absolute Gasteiger partial charge is 0.496 e. The molecule has 0 aromatic heterocycles. The molecule has 0 saturated carbocycles. The van der Waals surface area contributed by atoms with Crippen molar-refractivity contribution < 1.29 is 23.0 Å². The van der Waals surface area contributed by atoms with Crippen molar-refractivity contribution in [3.63, 3.8) is 0 Å². The number of benzene rings is 1. The summed E-state index contributed by atoms with van der Waals surface area (Å²) in [5, 5.41) is 0. The second kappa shape index (κ2) is 7.17. The normalized spacial score (nSPS) is 15.7. The van der Waals surface area contributed by atoms with Crippen LogP contribution in [-0.4, -0.2) is 44.2 Å². The molecule has 21 heavy (non-hydrogen) atoms. The second-order valence-electron chi connectivity index (χ2n) is 4.57. The maximum absolute atomic E-state index is 12.9. The lowest BCUT2D eigenvalue weighted by atomic mass is 10.1. The Morgan fingerprint density at radius 3 is 2.71 bits per heavy atom. The Kier molecular flexibility index (Phi) is 5.27. The Balaban J connectivity index is 2.09. The Morgan fingerprint density at radius 1 is 1.38 bits per heavy atom. The van der Waals surface area contributed by atoms with Crippen LogP contribution in [0.1, 0.15) is 17.6 Å². The van der Waals surface area contributed by atoms with Crippen LogP contribution in [0.25, 0.3) is 6.08 Å². The molecule has 1 aliphatic rings. The van der Waals surface area contributed by atoms with E-state index in [2.05, 4.69) is 0 Å². The summed E-state index contributed by atoms with van der Waals surface area (Å²) in [6.07, 6.45) is 0.300. The first kappa shape index (κ1) is 15.4. The highest BCUT2D eigenvalue weighted by Gasteiger charge is 2.15. The van der Waals surface area contributed by atoms with Crippen molar-refractivity contribution in [3.05, 3.63) is 35.4 Å². The number of hydrogen-bond acceptors (Lipinski definition) is 3. The Hall–Kier alpha value is -1.95. The summed E-state index contributed by atoms with van der Waals surface area (Å²) >= 11 is 0. The monoisotopic (exact) mass is 297 g/mol. The molecule has 1 aromatic carbocycles. The number of methoxy groups -OCH3 is 1. The van der Waals surface area contributed by atoms with Gasteiger partial charge >= 0.3 is 0 Å². The van der Waals surface area contributed by atoms with Gasteiger partial charge < -0.3 is 14.4 Å². The highest BCUT2D eigenvalue weighted by atomic mass is 19.3. The average molecular weight is 297 g/mol. The molecule has 1 aliphatic heterocycles. The van der Waals surface area contributed by atoms with Gasteiger partial charge in [-0.05, 0) is 23.8 Å². The number of halogens is 2. The van der Waals surface area contributed by atoms with Gasteiger partial charge in [-0.3, -0.25) is 4.79 Å². The molecule has 0 aliphatic carbocycles. The van der Waals surface area contributed by atoms with Crippen molar-refractivity contribution >= 4 is 12.0 Å². The fourth-order valence-electron chi connectivity index (χ4n) is 2.08. The molecular weight excluding hydrogens is 280 g/mol. The summed E-state index contributed by atoms with van der Waals surface area (Å²) in [5.41, 5.74) is 0.353. The van der Waals surface area contributed by atoms with E-state index >= 15 is 0 Å². The van der Waals surface area contributed by atoms with Crippen LogP contribution >= 0.6 is 0 Å². The Bertz CT molecular complexity index is 526. The van der Waals surface area contributed by atoms with Gasteiger partial charge in [0.05, 0.1) is 25.9 Å². The number of morpholine rings is 1. The summed E-state index contributed by atoms with van der Waals surface area (Å²) < 4.78 is 35.8. The summed E-state index contributed by atoms with van der Waals surface area (Å²) in [7, 11) is 1.35. The van der Waals surface area contributed by atoms with Crippen LogP contribution in [0.15, 0.2) is 24.3 Å². The topological polar surface area (TPSA) is 38.8 Å². The highest BCUT2D eigenvalue weighted by Crippen LogP contribution is 2.30. The molecule has 1 saturated heterocycles. The van der Waals surface area contributed by atoms with Crippen molar-refractivity contribution in [2.45, 2.75) is 6.43 Å². The number of amides is 1. The molecule has 114 valence electrons. The van der Waals surface area contributed by atoms with Crippen LogP contribution in [0.5, 0.6) is 5.75 Å². The lowest BCUT2D eigenvalue weighted by Crippen LogP contribution is -2.39. The lowest BCUT2D eigenvalue weighted by molar-refractivity contribution is -0.129. The van der Waals surface area contributed by atoms with E-state index in [0.717, 1.165) is 0 Å². The summed E-state index contributed by atoms with van der Waals surface area (Å²) in [4.78, 5) is 13.6. The van der Waals surface area contributed by atoms with Crippen molar-refractivity contribution in [1.82, 2.24) is 4.90 Å². The van der Waals surface area contributed by atoms with Crippen molar-refractivity contribution in [3.8, 4) is 5.75 Å². The molecule has 6 heteroatoms. The van der Waals surface area contributed by atoms with Gasteiger partial charge in [0.2, 0.25) is 5.91 Å². The van der Waals surface area contributed by atoms with Crippen LogP contribution in [-0.2, 0) is 9.53 Å². The third-order valence-corrected chi connectivity index (χ3v) is 3.23. The first-order chi connectivity index (χ1) is 10.1. The number of alkyl halides is 2. The van der Waals surface area contributed by atoms with Crippen LogP contribution in [0.2, 0.25) is 0 Å². The van der Waals surface area contributed by atoms with E-state index in [-0.39, 0.29) is 17.2 Å². The van der Waals surface area contributed by atoms with Crippen LogP contribution in [0.4, 0.5) is 8.78 Å². The summed E-state index contributed by atoms with van der Waals surface area (Å²) in [6, 6.07) is 4.43. The van der Waals surface area contributed by atoms with Crippen LogP contribution in [0, 0.1) is 0 Å². The number of rotatable bonds is 4. The zero-order chi connectivity index (χ0) is 15.2. The number of ether oxygens (including phenoxy) is 2. The van der Waals surface area contributed by atoms with Gasteiger partial charge in [-0.2, -0.15) is 0 Å². The van der Waals surface area contributed by atoms with Crippen molar-refractivity contribution in [2.75, 3.05) is 33.4 Å². The van der Waals surface area contributed by atoms with Gasteiger partial charge in [-0.15, -0.1) is 0 Å². The molecule has 0 atom stereocenters. The van der Waals surface area contributed by atoms with Crippen LogP contribution < -0.4 is 4.74 Å². The second-order valence-corrected chi connectivity index (χ2v) is 4.57. The maximum Gasteiger partial charge on any atom is 0.267 e. The zero-order valence-electron chi connectivity index (χ0n) is 11.7. The van der Waals surface area contributed by atoms with Gasteiger partial charge in [-0.1, -0.05) is 6.07 Å². The number of nitrogens with zero attached hydrogens (tertiary/aromatic N) is 1. The quantitative estimate of drug-likeness (QED) is 0.802. The van der Waals surface area contributed by atoms with Gasteiger partial charge in [0.15, 0.2) is 0 Å². The fraction of sp³-hybridized carbons (Fsp3) is 0.400. The van der Waals surface area contributed by atoms with E-state index in [1.807, 2.05) is 0 Å². The minimum absolute atomic E-state index is 0.140. The molecule has 1 fully saturated rings. The van der Waals surface area contributed by atoms with Crippen molar-refractivity contribution in [1.29, 1.82) is 0 Å². The third-order valence-electron chi connectivity index (χ3n) is 3.23. The molecule has 1 amide bonds. The number of hydrogen-bond donors (Lipinski definition) is 0. The standard InChI is InChI=1S/C15H17F2NO3/c1-20-13-4-2-11(10-12(13)15(16)17)3-5-14(19)18-6-8-21-9-7-18/h2-5,10,15H,6-9H2,1H3/b5-3+. The molecule has 0 unspecified atom stereocenters. The van der Waals surface area contributed by atoms with Gasteiger partial charge in [-0.25, -0.2) is 8.78 Å². The van der Waals surface area contributed by atoms with E-state index in [9.17, 15) is 13.6 Å². The molecular formula is C15H17F2NO3. The van der Waals surface area contributed by atoms with E-state index in [1.165, 1.54) is 31.4 Å². The number of carbonyl (C=O) groups excluding carboxylic acids is 1. The fourth-order valence-corrected chi connectivity index (χ4v) is 2.08. The van der Waals surface area contributed by atoms with Crippen LogP contribution in [0.3, 0.4) is 0 Å². The van der Waals surface area contributed by atoms with Gasteiger partial charge in [0.1, 0.15) is 5.75 Å². The average Bonchev–Trinajstić information content (AvgIpc) is 2.53. The smallest absolute Gasteiger partial charge is 0.267 e. The molecule has 4 nitrogen and oxygen atoms in total. The Labute approximate surface area is 121 Å². The predicted octanol–water partition coefficient (Wildman–Crippen LogP) is 2.50. The van der Waals surface area contributed by atoms with E-state index in [4.69, 9.17) is 9.47 Å². The molecule has 0 N–H and O–H groups in total. The molecule has 1 heterocycles. The molecule has 1 aromatic rings. The van der Waals surface area contributed by atoms with E-state index in [0.29, 0.717) is 31.9 Å². The summed E-state index contributed by atoms with van der Waals surface area (Å²) in [5.74, 6) is -0.00521. The first-order valence-corrected chi connectivity index (χ1v) is 6.62. The van der Waals surface area contributed by atoms with E-state index in [1.54, 1.807) is 11.0 Å². The van der Waals surface area contributed by atoms with Gasteiger partial charge in [0, 0.05) is 19.2 Å². The first-order valence-electron chi connectivity index (χ1n) is 6.62. The number of carbonyl (C=O) groups is 1. The third kappa shape index (κ3) is 4.01. The Morgan fingerprint density at radius 2 is 2.10 bits per heavy atom. The molecule has 0 spiro atoms. The maximum atomic E-state index is 12.9. The predicted molar refractivity (Wildman–Crippen MR) is 74.4 cm³/mol. The lowest BCUT2D eigenvalue weighted by Gasteiger charge is -2.25.